The van der Waals surface area contributed by atoms with Crippen LogP contribution in [-0.4, -0.2) is 24.5 Å². The molecule has 1 rings (SSSR count). The van der Waals surface area contributed by atoms with Crippen LogP contribution in [0.3, 0.4) is 0 Å². The van der Waals surface area contributed by atoms with Crippen molar-refractivity contribution in [1.82, 2.24) is 0 Å². The predicted molar refractivity (Wildman–Crippen MR) is 84.2 cm³/mol. The molecule has 0 atom stereocenters. The average Bonchev–Trinajstić information content (AvgIpc) is 2.37. The van der Waals surface area contributed by atoms with E-state index in [4.69, 9.17) is 4.74 Å². The van der Waals surface area contributed by atoms with Crippen LogP contribution in [0, 0.1) is 5.92 Å². The molecule has 0 aliphatic heterocycles. The summed E-state index contributed by atoms with van der Waals surface area (Å²) in [6.45, 7) is 7.78. The first kappa shape index (κ1) is 17.2. The zero-order valence-electron chi connectivity index (χ0n) is 13.1. The Morgan fingerprint density at radius 1 is 0.952 bits per heavy atom. The van der Waals surface area contributed by atoms with Gasteiger partial charge in [-0.05, 0) is 44.0 Å². The van der Waals surface area contributed by atoms with Gasteiger partial charge in [-0.15, -0.1) is 0 Å². The lowest BCUT2D eigenvalue weighted by Crippen LogP contribution is -2.20. The summed E-state index contributed by atoms with van der Waals surface area (Å²) in [5.74, 6) is 0.122. The third kappa shape index (κ3) is 7.46. The minimum absolute atomic E-state index is 0.00730. The van der Waals surface area contributed by atoms with E-state index >= 15 is 0 Å². The molecule has 2 amide bonds. The highest BCUT2D eigenvalue weighted by Crippen LogP contribution is 2.14. The SMILES string of the molecule is CC(C)CC(=O)Nc1ccc(NC(=O)COC(C)C)cc1. The van der Waals surface area contributed by atoms with Gasteiger partial charge in [0.25, 0.3) is 0 Å². The molecule has 0 radical (unpaired) electrons. The van der Waals surface area contributed by atoms with Crippen molar-refractivity contribution >= 4 is 23.2 Å². The molecule has 0 heterocycles. The van der Waals surface area contributed by atoms with E-state index < -0.39 is 0 Å². The molecular formula is C16H24N2O3. The zero-order valence-corrected chi connectivity index (χ0v) is 13.1. The summed E-state index contributed by atoms with van der Waals surface area (Å²) in [7, 11) is 0. The van der Waals surface area contributed by atoms with Gasteiger partial charge in [0.2, 0.25) is 11.8 Å². The number of amides is 2. The van der Waals surface area contributed by atoms with Gasteiger partial charge in [0.1, 0.15) is 6.61 Å². The lowest BCUT2D eigenvalue weighted by atomic mass is 10.1. The molecule has 5 nitrogen and oxygen atoms in total. The summed E-state index contributed by atoms with van der Waals surface area (Å²) in [5, 5.41) is 5.55. The maximum absolute atomic E-state index is 11.6. The third-order valence-electron chi connectivity index (χ3n) is 2.59. The van der Waals surface area contributed by atoms with E-state index in [9.17, 15) is 9.59 Å². The second-order valence-electron chi connectivity index (χ2n) is 5.63. The fraction of sp³-hybridized carbons (Fsp3) is 0.500. The number of carbonyl (C=O) groups excluding carboxylic acids is 2. The summed E-state index contributed by atoms with van der Waals surface area (Å²) < 4.78 is 5.22. The molecule has 116 valence electrons. The van der Waals surface area contributed by atoms with Crippen LogP contribution < -0.4 is 10.6 Å². The summed E-state index contributed by atoms with van der Waals surface area (Å²) in [6, 6.07) is 7.02. The van der Waals surface area contributed by atoms with Gasteiger partial charge in [-0.3, -0.25) is 9.59 Å². The Labute approximate surface area is 126 Å². The minimum atomic E-state index is -0.194. The highest BCUT2D eigenvalue weighted by Gasteiger charge is 2.06. The van der Waals surface area contributed by atoms with Gasteiger partial charge in [0.05, 0.1) is 6.10 Å². The van der Waals surface area contributed by atoms with Gasteiger partial charge in [-0.25, -0.2) is 0 Å². The molecule has 0 saturated heterocycles. The van der Waals surface area contributed by atoms with Gasteiger partial charge in [-0.2, -0.15) is 0 Å². The molecule has 0 aliphatic carbocycles. The molecule has 0 fully saturated rings. The molecular weight excluding hydrogens is 268 g/mol. The lowest BCUT2D eigenvalue weighted by Gasteiger charge is -2.10. The number of carbonyl (C=O) groups is 2. The number of rotatable bonds is 7. The average molecular weight is 292 g/mol. The summed E-state index contributed by atoms with van der Waals surface area (Å²) in [5.41, 5.74) is 1.39. The maximum atomic E-state index is 11.6. The number of ether oxygens (including phenoxy) is 1. The molecule has 0 saturated carbocycles. The van der Waals surface area contributed by atoms with Gasteiger partial charge in [0, 0.05) is 17.8 Å². The number of hydrogen-bond acceptors (Lipinski definition) is 3. The van der Waals surface area contributed by atoms with Crippen LogP contribution in [0.4, 0.5) is 11.4 Å². The normalized spacial score (nSPS) is 10.8. The highest BCUT2D eigenvalue weighted by molar-refractivity contribution is 5.93. The van der Waals surface area contributed by atoms with E-state index in [0.29, 0.717) is 18.0 Å². The number of hydrogen-bond donors (Lipinski definition) is 2. The second kappa shape index (κ2) is 8.42. The zero-order chi connectivity index (χ0) is 15.8. The van der Waals surface area contributed by atoms with Crippen LogP contribution in [0.25, 0.3) is 0 Å². The lowest BCUT2D eigenvalue weighted by molar-refractivity contribution is -0.122. The molecule has 1 aromatic carbocycles. The Bertz CT molecular complexity index is 467. The van der Waals surface area contributed by atoms with E-state index in [-0.39, 0.29) is 24.5 Å². The summed E-state index contributed by atoms with van der Waals surface area (Å²) >= 11 is 0. The highest BCUT2D eigenvalue weighted by atomic mass is 16.5. The van der Waals surface area contributed by atoms with Gasteiger partial charge in [0.15, 0.2) is 0 Å². The first-order chi connectivity index (χ1) is 9.86. The quantitative estimate of drug-likeness (QED) is 0.811. The molecule has 0 spiro atoms. The van der Waals surface area contributed by atoms with E-state index in [0.717, 1.165) is 5.69 Å². The van der Waals surface area contributed by atoms with Crippen LogP contribution in [-0.2, 0) is 14.3 Å². The van der Waals surface area contributed by atoms with Crippen molar-refractivity contribution in [1.29, 1.82) is 0 Å². The Hall–Kier alpha value is -1.88. The largest absolute Gasteiger partial charge is 0.369 e. The molecule has 1 aromatic rings. The van der Waals surface area contributed by atoms with Crippen molar-refractivity contribution in [2.24, 2.45) is 5.92 Å². The summed E-state index contributed by atoms with van der Waals surface area (Å²) in [4.78, 5) is 23.2. The number of nitrogens with one attached hydrogen (secondary N) is 2. The fourth-order valence-corrected chi connectivity index (χ4v) is 1.66. The van der Waals surface area contributed by atoms with Crippen molar-refractivity contribution in [3.63, 3.8) is 0 Å². The molecule has 2 N–H and O–H groups in total. The molecule has 0 aliphatic rings. The molecule has 0 aromatic heterocycles. The van der Waals surface area contributed by atoms with Crippen molar-refractivity contribution in [3.8, 4) is 0 Å². The van der Waals surface area contributed by atoms with Crippen molar-refractivity contribution < 1.29 is 14.3 Å². The van der Waals surface area contributed by atoms with Crippen LogP contribution in [0.15, 0.2) is 24.3 Å². The fourth-order valence-electron chi connectivity index (χ4n) is 1.66. The van der Waals surface area contributed by atoms with Gasteiger partial charge < -0.3 is 15.4 Å². The molecule has 21 heavy (non-hydrogen) atoms. The Balaban J connectivity index is 2.46. The van der Waals surface area contributed by atoms with Crippen molar-refractivity contribution in [2.45, 2.75) is 40.2 Å². The Morgan fingerprint density at radius 2 is 1.43 bits per heavy atom. The van der Waals surface area contributed by atoms with Gasteiger partial charge >= 0.3 is 0 Å². The molecule has 0 unspecified atom stereocenters. The van der Waals surface area contributed by atoms with E-state index in [1.165, 1.54) is 0 Å². The van der Waals surface area contributed by atoms with Crippen LogP contribution in [0.1, 0.15) is 34.1 Å². The monoisotopic (exact) mass is 292 g/mol. The first-order valence-corrected chi connectivity index (χ1v) is 7.18. The number of anilines is 2. The van der Waals surface area contributed by atoms with Crippen molar-refractivity contribution in [2.75, 3.05) is 17.2 Å². The van der Waals surface area contributed by atoms with E-state index in [2.05, 4.69) is 10.6 Å². The topological polar surface area (TPSA) is 67.4 Å². The molecule has 5 heteroatoms. The second-order valence-corrected chi connectivity index (χ2v) is 5.63. The molecule has 0 bridgehead atoms. The summed E-state index contributed by atoms with van der Waals surface area (Å²) in [6.07, 6.45) is 0.514. The van der Waals surface area contributed by atoms with E-state index in [1.807, 2.05) is 27.7 Å². The maximum Gasteiger partial charge on any atom is 0.250 e. The van der Waals surface area contributed by atoms with Gasteiger partial charge in [-0.1, -0.05) is 13.8 Å². The smallest absolute Gasteiger partial charge is 0.250 e. The predicted octanol–water partition coefficient (Wildman–Crippen LogP) is 3.03. The van der Waals surface area contributed by atoms with Crippen LogP contribution in [0.2, 0.25) is 0 Å². The van der Waals surface area contributed by atoms with E-state index in [1.54, 1.807) is 24.3 Å². The Morgan fingerprint density at radius 3 is 1.86 bits per heavy atom. The van der Waals surface area contributed by atoms with Crippen LogP contribution >= 0.6 is 0 Å². The minimum Gasteiger partial charge on any atom is -0.369 e. The Kier molecular flexibility index (Phi) is 6.88. The number of benzene rings is 1. The van der Waals surface area contributed by atoms with Crippen LogP contribution in [0.5, 0.6) is 0 Å². The first-order valence-electron chi connectivity index (χ1n) is 7.18. The third-order valence-corrected chi connectivity index (χ3v) is 2.59. The standard InChI is InChI=1S/C16H24N2O3/c1-11(2)9-15(19)17-13-5-7-14(8-6-13)18-16(20)10-21-12(3)4/h5-8,11-12H,9-10H2,1-4H3,(H,17,19)(H,18,20). The van der Waals surface area contributed by atoms with Crippen molar-refractivity contribution in [3.05, 3.63) is 24.3 Å².